The second-order valence-corrected chi connectivity index (χ2v) is 6.31. The van der Waals surface area contributed by atoms with Crippen molar-refractivity contribution in [1.29, 1.82) is 0 Å². The number of rotatable bonds is 3. The van der Waals surface area contributed by atoms with Gasteiger partial charge in [-0.3, -0.25) is 9.69 Å². The van der Waals surface area contributed by atoms with E-state index >= 15 is 0 Å². The van der Waals surface area contributed by atoms with Gasteiger partial charge in [-0.15, -0.1) is 0 Å². The molecule has 1 heterocycles. The molecular formula is C12H15Br2N3O. The lowest BCUT2D eigenvalue weighted by Gasteiger charge is -2.36. The number of benzene rings is 1. The average Bonchev–Trinajstić information content (AvgIpc) is 2.21. The number of aryl methyl sites for hydroxylation is 1. The maximum Gasteiger partial charge on any atom is 0.238 e. The molecule has 98 valence electrons. The zero-order valence-corrected chi connectivity index (χ0v) is 13.2. The number of carbonyl (C=O) groups excluding carboxylic acids is 1. The molecule has 0 atom stereocenters. The van der Waals surface area contributed by atoms with Gasteiger partial charge in [0.2, 0.25) is 5.91 Å². The van der Waals surface area contributed by atoms with E-state index in [1.54, 1.807) is 0 Å². The van der Waals surface area contributed by atoms with Crippen LogP contribution < -0.4 is 11.1 Å². The van der Waals surface area contributed by atoms with E-state index < -0.39 is 0 Å². The third-order valence-corrected chi connectivity index (χ3v) is 4.05. The van der Waals surface area contributed by atoms with E-state index in [0.29, 0.717) is 6.54 Å². The smallest absolute Gasteiger partial charge is 0.238 e. The van der Waals surface area contributed by atoms with Gasteiger partial charge in [-0.05, 0) is 56.5 Å². The summed E-state index contributed by atoms with van der Waals surface area (Å²) in [5, 5.41) is 2.90. The molecule has 0 saturated carbocycles. The summed E-state index contributed by atoms with van der Waals surface area (Å²) in [5.41, 5.74) is 7.57. The molecule has 3 N–H and O–H groups in total. The number of nitrogens with one attached hydrogen (secondary N) is 1. The van der Waals surface area contributed by atoms with Gasteiger partial charge in [0, 0.05) is 28.1 Å². The number of carbonyl (C=O) groups is 1. The van der Waals surface area contributed by atoms with Gasteiger partial charge in [0.1, 0.15) is 0 Å². The van der Waals surface area contributed by atoms with Crippen LogP contribution in [0.1, 0.15) is 5.56 Å². The van der Waals surface area contributed by atoms with Crippen molar-refractivity contribution in [3.05, 3.63) is 26.6 Å². The monoisotopic (exact) mass is 375 g/mol. The molecule has 1 aromatic carbocycles. The number of likely N-dealkylation sites (tertiary alicyclic amines) is 1. The van der Waals surface area contributed by atoms with Crippen molar-refractivity contribution in [3.63, 3.8) is 0 Å². The molecule has 0 aromatic heterocycles. The first kappa shape index (κ1) is 14.0. The summed E-state index contributed by atoms with van der Waals surface area (Å²) in [6.45, 7) is 3.98. The Morgan fingerprint density at radius 3 is 2.50 bits per heavy atom. The molecule has 1 saturated heterocycles. The molecule has 1 fully saturated rings. The fraction of sp³-hybridized carbons (Fsp3) is 0.417. The first-order valence-electron chi connectivity index (χ1n) is 5.69. The van der Waals surface area contributed by atoms with Crippen molar-refractivity contribution in [3.8, 4) is 0 Å². The molecule has 1 amide bonds. The minimum absolute atomic E-state index is 0.0212. The fourth-order valence-corrected chi connectivity index (χ4v) is 3.55. The quantitative estimate of drug-likeness (QED) is 0.849. The average molecular weight is 377 g/mol. The van der Waals surface area contributed by atoms with Crippen LogP contribution in [0.15, 0.2) is 21.1 Å². The zero-order valence-electron chi connectivity index (χ0n) is 10.0. The highest BCUT2D eigenvalue weighted by atomic mass is 79.9. The Bertz CT molecular complexity index is 449. The van der Waals surface area contributed by atoms with E-state index in [1.807, 2.05) is 24.0 Å². The summed E-state index contributed by atoms with van der Waals surface area (Å²) in [6, 6.07) is 4.16. The molecule has 0 spiro atoms. The van der Waals surface area contributed by atoms with Gasteiger partial charge in [-0.25, -0.2) is 0 Å². The highest BCUT2D eigenvalue weighted by molar-refractivity contribution is 9.11. The molecule has 6 heteroatoms. The summed E-state index contributed by atoms with van der Waals surface area (Å²) >= 11 is 6.91. The predicted molar refractivity (Wildman–Crippen MR) is 79.6 cm³/mol. The van der Waals surface area contributed by atoms with Crippen LogP contribution in [0.25, 0.3) is 0 Å². The minimum Gasteiger partial charge on any atom is -0.325 e. The number of halogens is 2. The van der Waals surface area contributed by atoms with E-state index in [0.717, 1.165) is 33.3 Å². The molecule has 1 aliphatic heterocycles. The zero-order chi connectivity index (χ0) is 13.3. The van der Waals surface area contributed by atoms with Gasteiger partial charge in [0.05, 0.1) is 12.2 Å². The Morgan fingerprint density at radius 2 is 2.00 bits per heavy atom. The van der Waals surface area contributed by atoms with Gasteiger partial charge in [0.15, 0.2) is 0 Å². The molecule has 1 aliphatic rings. The van der Waals surface area contributed by atoms with Crippen molar-refractivity contribution in [1.82, 2.24) is 4.90 Å². The number of hydrogen-bond acceptors (Lipinski definition) is 3. The van der Waals surface area contributed by atoms with Gasteiger partial charge in [-0.2, -0.15) is 0 Å². The number of nitrogens with two attached hydrogens (primary N) is 1. The van der Waals surface area contributed by atoms with E-state index in [2.05, 4.69) is 37.2 Å². The Hall–Kier alpha value is -0.430. The molecule has 18 heavy (non-hydrogen) atoms. The highest BCUT2D eigenvalue weighted by Crippen LogP contribution is 2.32. The molecular weight excluding hydrogens is 362 g/mol. The Labute approximate surface area is 123 Å². The maximum atomic E-state index is 11.9. The molecule has 0 bridgehead atoms. The summed E-state index contributed by atoms with van der Waals surface area (Å²) in [4.78, 5) is 13.9. The normalized spacial score (nSPS) is 16.4. The van der Waals surface area contributed by atoms with Gasteiger partial charge < -0.3 is 11.1 Å². The van der Waals surface area contributed by atoms with Crippen molar-refractivity contribution in [2.75, 3.05) is 25.0 Å². The van der Waals surface area contributed by atoms with Crippen molar-refractivity contribution >= 4 is 43.5 Å². The molecule has 4 nitrogen and oxygen atoms in total. The standard InChI is InChI=1S/C12H15Br2N3O/c1-7-2-9(13)12(10(14)3-7)16-11(18)6-17-4-8(15)5-17/h2-3,8H,4-6,15H2,1H3,(H,16,18). The summed E-state index contributed by atoms with van der Waals surface area (Å²) in [6.07, 6.45) is 0. The van der Waals surface area contributed by atoms with Crippen LogP contribution in [-0.4, -0.2) is 36.5 Å². The van der Waals surface area contributed by atoms with Crippen molar-refractivity contribution in [2.24, 2.45) is 5.73 Å². The molecule has 1 aromatic rings. The lowest BCUT2D eigenvalue weighted by Crippen LogP contribution is -2.57. The van der Waals surface area contributed by atoms with Gasteiger partial charge in [-0.1, -0.05) is 0 Å². The molecule has 0 radical (unpaired) electrons. The Kier molecular flexibility index (Phi) is 4.42. The second kappa shape index (κ2) is 5.69. The topological polar surface area (TPSA) is 58.4 Å². The maximum absolute atomic E-state index is 11.9. The number of nitrogens with zero attached hydrogens (tertiary/aromatic N) is 1. The molecule has 2 rings (SSSR count). The number of amides is 1. The third-order valence-electron chi connectivity index (χ3n) is 2.80. The van der Waals surface area contributed by atoms with Crippen LogP contribution in [0.2, 0.25) is 0 Å². The molecule has 0 unspecified atom stereocenters. The fourth-order valence-electron chi connectivity index (χ4n) is 1.94. The lowest BCUT2D eigenvalue weighted by atomic mass is 10.1. The van der Waals surface area contributed by atoms with Gasteiger partial charge in [0.25, 0.3) is 0 Å². The SMILES string of the molecule is Cc1cc(Br)c(NC(=O)CN2CC(N)C2)c(Br)c1. The van der Waals surface area contributed by atoms with Crippen LogP contribution >= 0.6 is 31.9 Å². The minimum atomic E-state index is -0.0212. The van der Waals surface area contributed by atoms with Gasteiger partial charge >= 0.3 is 0 Å². The first-order chi connectivity index (χ1) is 8.45. The number of hydrogen-bond donors (Lipinski definition) is 2. The van der Waals surface area contributed by atoms with Crippen LogP contribution in [0, 0.1) is 6.92 Å². The Balaban J connectivity index is 1.98. The predicted octanol–water partition coefficient (Wildman–Crippen LogP) is 2.10. The van der Waals surface area contributed by atoms with Crippen LogP contribution in [0.5, 0.6) is 0 Å². The van der Waals surface area contributed by atoms with Crippen molar-refractivity contribution < 1.29 is 4.79 Å². The van der Waals surface area contributed by atoms with Crippen molar-refractivity contribution in [2.45, 2.75) is 13.0 Å². The third kappa shape index (κ3) is 3.32. The first-order valence-corrected chi connectivity index (χ1v) is 7.27. The van der Waals surface area contributed by atoms with E-state index in [1.165, 1.54) is 0 Å². The van der Waals surface area contributed by atoms with Crippen LogP contribution in [0.4, 0.5) is 5.69 Å². The lowest BCUT2D eigenvalue weighted by molar-refractivity contribution is -0.118. The largest absolute Gasteiger partial charge is 0.325 e. The molecule has 0 aliphatic carbocycles. The Morgan fingerprint density at radius 1 is 1.44 bits per heavy atom. The number of anilines is 1. The summed E-state index contributed by atoms with van der Waals surface area (Å²) in [5.74, 6) is -0.0212. The van der Waals surface area contributed by atoms with E-state index in [4.69, 9.17) is 5.73 Å². The van der Waals surface area contributed by atoms with Crippen LogP contribution in [-0.2, 0) is 4.79 Å². The van der Waals surface area contributed by atoms with Crippen LogP contribution in [0.3, 0.4) is 0 Å². The van der Waals surface area contributed by atoms with E-state index in [-0.39, 0.29) is 11.9 Å². The summed E-state index contributed by atoms with van der Waals surface area (Å²) < 4.78 is 1.76. The highest BCUT2D eigenvalue weighted by Gasteiger charge is 2.25. The summed E-state index contributed by atoms with van der Waals surface area (Å²) in [7, 11) is 0. The second-order valence-electron chi connectivity index (χ2n) is 4.61. The van der Waals surface area contributed by atoms with E-state index in [9.17, 15) is 4.79 Å².